The summed E-state index contributed by atoms with van der Waals surface area (Å²) in [4.78, 5) is 2.62. The molecule has 1 aromatic carbocycles. The SMILES string of the molecule is CC1=CC2CCCCC2N1Cc1ccccc1. The summed E-state index contributed by atoms with van der Waals surface area (Å²) in [5, 5.41) is 0. The molecular formula is C16H21N. The lowest BCUT2D eigenvalue weighted by Crippen LogP contribution is -2.35. The Balaban J connectivity index is 1.76. The molecule has 0 radical (unpaired) electrons. The van der Waals surface area contributed by atoms with Crippen molar-refractivity contribution in [1.29, 1.82) is 0 Å². The molecule has 3 rings (SSSR count). The molecular weight excluding hydrogens is 206 g/mol. The van der Waals surface area contributed by atoms with Crippen LogP contribution in [0.1, 0.15) is 38.2 Å². The lowest BCUT2D eigenvalue weighted by Gasteiger charge is -2.34. The molecule has 1 aromatic rings. The van der Waals surface area contributed by atoms with Gasteiger partial charge in [-0.2, -0.15) is 0 Å². The molecule has 2 atom stereocenters. The third kappa shape index (κ3) is 2.11. The van der Waals surface area contributed by atoms with Crippen molar-refractivity contribution in [3.05, 3.63) is 47.7 Å². The Morgan fingerprint density at radius 3 is 2.71 bits per heavy atom. The van der Waals surface area contributed by atoms with Gasteiger partial charge < -0.3 is 4.90 Å². The Hall–Kier alpha value is -1.24. The van der Waals surface area contributed by atoms with Gasteiger partial charge in [0.2, 0.25) is 0 Å². The fraction of sp³-hybridized carbons (Fsp3) is 0.500. The molecule has 1 aliphatic carbocycles. The van der Waals surface area contributed by atoms with Gasteiger partial charge in [-0.25, -0.2) is 0 Å². The van der Waals surface area contributed by atoms with Crippen molar-refractivity contribution in [2.75, 3.05) is 0 Å². The molecule has 1 nitrogen and oxygen atoms in total. The molecule has 2 unspecified atom stereocenters. The van der Waals surface area contributed by atoms with Gasteiger partial charge in [0.1, 0.15) is 0 Å². The lowest BCUT2D eigenvalue weighted by molar-refractivity contribution is 0.185. The maximum absolute atomic E-state index is 2.62. The van der Waals surface area contributed by atoms with Gasteiger partial charge >= 0.3 is 0 Å². The average molecular weight is 227 g/mol. The van der Waals surface area contributed by atoms with E-state index in [0.717, 1.165) is 18.5 Å². The summed E-state index contributed by atoms with van der Waals surface area (Å²) < 4.78 is 0. The van der Waals surface area contributed by atoms with Gasteiger partial charge in [0.15, 0.2) is 0 Å². The van der Waals surface area contributed by atoms with E-state index >= 15 is 0 Å². The van der Waals surface area contributed by atoms with E-state index in [2.05, 4.69) is 48.2 Å². The summed E-state index contributed by atoms with van der Waals surface area (Å²) in [6.07, 6.45) is 8.11. The molecule has 2 aliphatic rings. The standard InChI is InChI=1S/C16H21N/c1-13-11-15-9-5-6-10-16(15)17(13)12-14-7-3-2-4-8-14/h2-4,7-8,11,15-16H,5-6,9-10,12H2,1H3. The first kappa shape index (κ1) is 10.9. The Morgan fingerprint density at radius 2 is 1.88 bits per heavy atom. The molecule has 90 valence electrons. The van der Waals surface area contributed by atoms with E-state index < -0.39 is 0 Å². The van der Waals surface area contributed by atoms with Crippen molar-refractivity contribution in [1.82, 2.24) is 4.90 Å². The second kappa shape index (κ2) is 4.56. The van der Waals surface area contributed by atoms with E-state index in [1.807, 2.05) is 0 Å². The first-order valence-corrected chi connectivity index (χ1v) is 6.83. The Labute approximate surface area is 104 Å². The van der Waals surface area contributed by atoms with Gasteiger partial charge in [0.25, 0.3) is 0 Å². The molecule has 0 spiro atoms. The van der Waals surface area contributed by atoms with E-state index in [4.69, 9.17) is 0 Å². The minimum Gasteiger partial charge on any atom is -0.367 e. The molecule has 0 saturated heterocycles. The van der Waals surface area contributed by atoms with Crippen LogP contribution in [0.25, 0.3) is 0 Å². The topological polar surface area (TPSA) is 3.24 Å². The maximum Gasteiger partial charge on any atom is 0.0429 e. The highest BCUT2D eigenvalue weighted by molar-refractivity contribution is 5.20. The summed E-state index contributed by atoms with van der Waals surface area (Å²) >= 11 is 0. The predicted molar refractivity (Wildman–Crippen MR) is 71.5 cm³/mol. The zero-order valence-corrected chi connectivity index (χ0v) is 10.6. The monoisotopic (exact) mass is 227 g/mol. The first-order valence-electron chi connectivity index (χ1n) is 6.83. The normalized spacial score (nSPS) is 27.8. The fourth-order valence-electron chi connectivity index (χ4n) is 3.41. The number of nitrogens with zero attached hydrogens (tertiary/aromatic N) is 1. The molecule has 0 aromatic heterocycles. The van der Waals surface area contributed by atoms with Crippen molar-refractivity contribution in [3.63, 3.8) is 0 Å². The van der Waals surface area contributed by atoms with Crippen LogP contribution in [0.15, 0.2) is 42.1 Å². The van der Waals surface area contributed by atoms with Crippen LogP contribution >= 0.6 is 0 Å². The molecule has 0 amide bonds. The first-order chi connectivity index (χ1) is 8.34. The van der Waals surface area contributed by atoms with Crippen LogP contribution in [0.4, 0.5) is 0 Å². The zero-order chi connectivity index (χ0) is 11.7. The maximum atomic E-state index is 2.62. The van der Waals surface area contributed by atoms with Crippen LogP contribution in [0.3, 0.4) is 0 Å². The smallest absolute Gasteiger partial charge is 0.0429 e. The summed E-state index contributed by atoms with van der Waals surface area (Å²) in [5.41, 5.74) is 2.93. The molecule has 1 saturated carbocycles. The number of hydrogen-bond donors (Lipinski definition) is 0. The minimum atomic E-state index is 0.781. The van der Waals surface area contributed by atoms with Crippen molar-refractivity contribution in [2.24, 2.45) is 5.92 Å². The predicted octanol–water partition coefficient (Wildman–Crippen LogP) is 3.96. The van der Waals surface area contributed by atoms with Crippen molar-refractivity contribution in [3.8, 4) is 0 Å². The third-order valence-corrected chi connectivity index (χ3v) is 4.29. The second-order valence-corrected chi connectivity index (χ2v) is 5.44. The molecule has 1 heterocycles. The van der Waals surface area contributed by atoms with Gasteiger partial charge in [0, 0.05) is 18.3 Å². The van der Waals surface area contributed by atoms with Crippen LogP contribution in [0.5, 0.6) is 0 Å². The molecule has 0 N–H and O–H groups in total. The Bertz CT molecular complexity index is 407. The summed E-state index contributed by atoms with van der Waals surface area (Å²) in [5.74, 6) is 0.826. The summed E-state index contributed by atoms with van der Waals surface area (Å²) in [6.45, 7) is 3.37. The highest BCUT2D eigenvalue weighted by Crippen LogP contribution is 2.38. The number of benzene rings is 1. The fourth-order valence-corrected chi connectivity index (χ4v) is 3.41. The minimum absolute atomic E-state index is 0.781. The Morgan fingerprint density at radius 1 is 1.12 bits per heavy atom. The number of allylic oxidation sites excluding steroid dienone is 1. The second-order valence-electron chi connectivity index (χ2n) is 5.44. The molecule has 17 heavy (non-hydrogen) atoms. The van der Waals surface area contributed by atoms with Gasteiger partial charge in [-0.15, -0.1) is 0 Å². The zero-order valence-electron chi connectivity index (χ0n) is 10.6. The lowest BCUT2D eigenvalue weighted by atomic mass is 9.86. The highest BCUT2D eigenvalue weighted by Gasteiger charge is 2.33. The number of hydrogen-bond acceptors (Lipinski definition) is 1. The molecule has 1 heteroatoms. The number of rotatable bonds is 2. The largest absolute Gasteiger partial charge is 0.367 e. The number of fused-ring (bicyclic) bond motifs is 1. The van der Waals surface area contributed by atoms with Gasteiger partial charge in [-0.3, -0.25) is 0 Å². The van der Waals surface area contributed by atoms with Crippen LogP contribution in [-0.4, -0.2) is 10.9 Å². The third-order valence-electron chi connectivity index (χ3n) is 4.29. The Kier molecular flexibility index (Phi) is 2.92. The quantitative estimate of drug-likeness (QED) is 0.739. The van der Waals surface area contributed by atoms with Gasteiger partial charge in [0.05, 0.1) is 0 Å². The summed E-state index contributed by atoms with van der Waals surface area (Å²) in [6, 6.07) is 11.6. The van der Waals surface area contributed by atoms with Crippen LogP contribution < -0.4 is 0 Å². The van der Waals surface area contributed by atoms with Gasteiger partial charge in [-0.1, -0.05) is 49.2 Å². The van der Waals surface area contributed by atoms with Crippen LogP contribution in [0.2, 0.25) is 0 Å². The highest BCUT2D eigenvalue weighted by atomic mass is 15.2. The van der Waals surface area contributed by atoms with E-state index in [9.17, 15) is 0 Å². The van der Waals surface area contributed by atoms with E-state index in [-0.39, 0.29) is 0 Å². The van der Waals surface area contributed by atoms with Crippen molar-refractivity contribution < 1.29 is 0 Å². The van der Waals surface area contributed by atoms with Crippen molar-refractivity contribution in [2.45, 2.75) is 45.2 Å². The average Bonchev–Trinajstić information content (AvgIpc) is 2.68. The van der Waals surface area contributed by atoms with Gasteiger partial charge in [-0.05, 0) is 31.2 Å². The van der Waals surface area contributed by atoms with E-state index in [0.29, 0.717) is 0 Å². The molecule has 0 bridgehead atoms. The van der Waals surface area contributed by atoms with Crippen LogP contribution in [-0.2, 0) is 6.54 Å². The van der Waals surface area contributed by atoms with E-state index in [1.54, 1.807) is 0 Å². The molecule has 1 fully saturated rings. The van der Waals surface area contributed by atoms with Crippen LogP contribution in [0, 0.1) is 5.92 Å². The van der Waals surface area contributed by atoms with E-state index in [1.165, 1.54) is 36.9 Å². The summed E-state index contributed by atoms with van der Waals surface area (Å²) in [7, 11) is 0. The molecule has 1 aliphatic heterocycles. The van der Waals surface area contributed by atoms with Crippen molar-refractivity contribution >= 4 is 0 Å².